The minimum atomic E-state index is -4.48. The zero-order valence-corrected chi connectivity index (χ0v) is 18.0. The summed E-state index contributed by atoms with van der Waals surface area (Å²) in [5.41, 5.74) is 2.23. The van der Waals surface area contributed by atoms with Crippen molar-refractivity contribution < 1.29 is 18.0 Å². The van der Waals surface area contributed by atoms with Crippen LogP contribution in [-0.4, -0.2) is 47.0 Å². The number of carbonyl (C=O) groups excluding carboxylic acids is 1. The number of H-pyrrole nitrogens is 1. The number of amides is 1. The van der Waals surface area contributed by atoms with Crippen LogP contribution in [0.3, 0.4) is 0 Å². The van der Waals surface area contributed by atoms with E-state index in [1.807, 2.05) is 47.4 Å². The highest BCUT2D eigenvalue weighted by molar-refractivity contribution is 6.33. The Hall–Kier alpha value is -3.00. The standard InChI is InChI=1S/C23H22ClF3N4O/c24-19-14-17(23(25,26)27)15-28-22(19)31-12-10-30(11-13-31)21(32)9-7-18-6-8-20(29-18)16-4-2-1-3-5-16/h1-6,8,14-15,29H,7,9-13H2. The summed E-state index contributed by atoms with van der Waals surface area (Å²) in [5, 5.41) is -0.0411. The van der Waals surface area contributed by atoms with Crippen LogP contribution in [0.2, 0.25) is 5.02 Å². The Morgan fingerprint density at radius 3 is 2.44 bits per heavy atom. The number of benzene rings is 1. The predicted octanol–water partition coefficient (Wildman–Crippen LogP) is 5.03. The molecule has 1 saturated heterocycles. The molecule has 0 bridgehead atoms. The van der Waals surface area contributed by atoms with Crippen LogP contribution < -0.4 is 4.90 Å². The fraction of sp³-hybridized carbons (Fsp3) is 0.304. The number of alkyl halides is 3. The quantitative estimate of drug-likeness (QED) is 0.578. The van der Waals surface area contributed by atoms with Crippen molar-refractivity contribution in [3.8, 4) is 11.3 Å². The second-order valence-electron chi connectivity index (χ2n) is 7.66. The maximum absolute atomic E-state index is 12.8. The largest absolute Gasteiger partial charge is 0.417 e. The molecule has 4 rings (SSSR count). The molecule has 0 atom stereocenters. The normalized spacial score (nSPS) is 14.6. The average Bonchev–Trinajstić information content (AvgIpc) is 3.27. The molecule has 0 unspecified atom stereocenters. The van der Waals surface area contributed by atoms with E-state index in [-0.39, 0.29) is 10.9 Å². The number of nitrogens with zero attached hydrogens (tertiary/aromatic N) is 3. The second-order valence-corrected chi connectivity index (χ2v) is 8.07. The van der Waals surface area contributed by atoms with Crippen LogP contribution in [-0.2, 0) is 17.4 Å². The van der Waals surface area contributed by atoms with E-state index in [4.69, 9.17) is 11.6 Å². The first-order valence-electron chi connectivity index (χ1n) is 10.3. The van der Waals surface area contributed by atoms with E-state index in [9.17, 15) is 18.0 Å². The topological polar surface area (TPSA) is 52.2 Å². The predicted molar refractivity (Wildman–Crippen MR) is 118 cm³/mol. The number of rotatable bonds is 5. The summed E-state index contributed by atoms with van der Waals surface area (Å²) >= 11 is 6.04. The fourth-order valence-electron chi connectivity index (χ4n) is 3.76. The zero-order valence-electron chi connectivity index (χ0n) is 17.2. The third-order valence-corrected chi connectivity index (χ3v) is 5.80. The fourth-order valence-corrected chi connectivity index (χ4v) is 4.04. The second kappa shape index (κ2) is 9.24. The van der Waals surface area contributed by atoms with Crippen LogP contribution in [0, 0.1) is 0 Å². The molecular weight excluding hydrogens is 441 g/mol. The molecule has 9 heteroatoms. The lowest BCUT2D eigenvalue weighted by molar-refractivity contribution is -0.137. The molecular formula is C23H22ClF3N4O. The molecule has 1 fully saturated rings. The summed E-state index contributed by atoms with van der Waals surface area (Å²) in [6.07, 6.45) is -2.70. The van der Waals surface area contributed by atoms with Gasteiger partial charge in [-0.2, -0.15) is 13.2 Å². The molecule has 5 nitrogen and oxygen atoms in total. The van der Waals surface area contributed by atoms with E-state index < -0.39 is 11.7 Å². The Labute approximate surface area is 188 Å². The first-order valence-corrected chi connectivity index (χ1v) is 10.7. The third-order valence-electron chi connectivity index (χ3n) is 5.52. The van der Waals surface area contributed by atoms with Crippen LogP contribution in [0.4, 0.5) is 19.0 Å². The van der Waals surface area contributed by atoms with Crippen molar-refractivity contribution in [1.29, 1.82) is 0 Å². The molecule has 0 aliphatic carbocycles. The Balaban J connectivity index is 1.29. The van der Waals surface area contributed by atoms with Crippen molar-refractivity contribution >= 4 is 23.3 Å². The molecule has 3 heterocycles. The highest BCUT2D eigenvalue weighted by atomic mass is 35.5. The minimum absolute atomic E-state index is 0.0411. The van der Waals surface area contributed by atoms with E-state index in [0.29, 0.717) is 44.8 Å². The summed E-state index contributed by atoms with van der Waals surface area (Å²) in [4.78, 5) is 23.5. The zero-order chi connectivity index (χ0) is 22.7. The van der Waals surface area contributed by atoms with Gasteiger partial charge in [-0.1, -0.05) is 41.9 Å². The number of piperazine rings is 1. The number of aryl methyl sites for hydroxylation is 1. The number of pyridine rings is 1. The molecule has 32 heavy (non-hydrogen) atoms. The van der Waals surface area contributed by atoms with Gasteiger partial charge in [-0.3, -0.25) is 4.79 Å². The third kappa shape index (κ3) is 5.07. The van der Waals surface area contributed by atoms with E-state index in [1.54, 1.807) is 4.90 Å². The van der Waals surface area contributed by atoms with Crippen molar-refractivity contribution in [3.05, 3.63) is 71.0 Å². The smallest absolute Gasteiger partial charge is 0.358 e. The Morgan fingerprint density at radius 2 is 1.78 bits per heavy atom. The molecule has 2 aromatic heterocycles. The highest BCUT2D eigenvalue weighted by Gasteiger charge is 2.32. The number of hydrogen-bond acceptors (Lipinski definition) is 3. The molecule has 0 radical (unpaired) electrons. The van der Waals surface area contributed by atoms with Gasteiger partial charge in [-0.05, 0) is 30.2 Å². The molecule has 1 amide bonds. The molecule has 0 spiro atoms. The van der Waals surface area contributed by atoms with Crippen LogP contribution >= 0.6 is 11.6 Å². The van der Waals surface area contributed by atoms with Crippen LogP contribution in [0.15, 0.2) is 54.7 Å². The van der Waals surface area contributed by atoms with Gasteiger partial charge in [0, 0.05) is 50.2 Å². The molecule has 1 N–H and O–H groups in total. The molecule has 1 aliphatic heterocycles. The summed E-state index contributed by atoms with van der Waals surface area (Å²) in [5.74, 6) is 0.360. The number of carbonyl (C=O) groups is 1. The summed E-state index contributed by atoms with van der Waals surface area (Å²) in [6.45, 7) is 1.87. The van der Waals surface area contributed by atoms with Crippen molar-refractivity contribution in [2.24, 2.45) is 0 Å². The first-order chi connectivity index (χ1) is 15.3. The summed E-state index contributed by atoms with van der Waals surface area (Å²) in [6, 6.07) is 14.9. The molecule has 1 aliphatic rings. The van der Waals surface area contributed by atoms with Gasteiger partial charge in [0.2, 0.25) is 5.91 Å². The number of aromatic amines is 1. The average molecular weight is 463 g/mol. The first kappa shape index (κ1) is 22.2. The Kier molecular flexibility index (Phi) is 6.41. The maximum Gasteiger partial charge on any atom is 0.417 e. The highest BCUT2D eigenvalue weighted by Crippen LogP contribution is 2.33. The van der Waals surface area contributed by atoms with Gasteiger partial charge < -0.3 is 14.8 Å². The number of aromatic nitrogens is 2. The van der Waals surface area contributed by atoms with Gasteiger partial charge in [0.25, 0.3) is 0 Å². The minimum Gasteiger partial charge on any atom is -0.358 e. The summed E-state index contributed by atoms with van der Waals surface area (Å²) < 4.78 is 38.4. The van der Waals surface area contributed by atoms with E-state index in [2.05, 4.69) is 9.97 Å². The van der Waals surface area contributed by atoms with Crippen molar-refractivity contribution in [2.75, 3.05) is 31.1 Å². The van der Waals surface area contributed by atoms with E-state index >= 15 is 0 Å². The van der Waals surface area contributed by atoms with Crippen LogP contribution in [0.5, 0.6) is 0 Å². The number of halogens is 4. The SMILES string of the molecule is O=C(CCc1ccc(-c2ccccc2)[nH]1)N1CCN(c2ncc(C(F)(F)F)cc2Cl)CC1. The van der Waals surface area contributed by atoms with E-state index in [1.165, 1.54) is 0 Å². The number of anilines is 1. The molecule has 168 valence electrons. The van der Waals surface area contributed by atoms with Gasteiger partial charge in [0.1, 0.15) is 5.82 Å². The Morgan fingerprint density at radius 1 is 1.06 bits per heavy atom. The van der Waals surface area contributed by atoms with Gasteiger partial charge in [0.15, 0.2) is 0 Å². The van der Waals surface area contributed by atoms with Gasteiger partial charge in [0.05, 0.1) is 10.6 Å². The van der Waals surface area contributed by atoms with Gasteiger partial charge in [-0.25, -0.2) is 4.98 Å². The van der Waals surface area contributed by atoms with Crippen molar-refractivity contribution in [3.63, 3.8) is 0 Å². The van der Waals surface area contributed by atoms with Gasteiger partial charge in [-0.15, -0.1) is 0 Å². The molecule has 3 aromatic rings. The maximum atomic E-state index is 12.8. The van der Waals surface area contributed by atoms with Gasteiger partial charge >= 0.3 is 6.18 Å². The number of hydrogen-bond donors (Lipinski definition) is 1. The Bertz CT molecular complexity index is 1080. The lowest BCUT2D eigenvalue weighted by atomic mass is 10.2. The van der Waals surface area contributed by atoms with Crippen LogP contribution in [0.1, 0.15) is 17.7 Å². The van der Waals surface area contributed by atoms with Crippen LogP contribution in [0.25, 0.3) is 11.3 Å². The van der Waals surface area contributed by atoms with Crippen molar-refractivity contribution in [2.45, 2.75) is 19.0 Å². The van der Waals surface area contributed by atoms with E-state index in [0.717, 1.165) is 29.2 Å². The molecule has 1 aromatic carbocycles. The lowest BCUT2D eigenvalue weighted by Gasteiger charge is -2.36. The number of nitrogens with one attached hydrogen (secondary N) is 1. The van der Waals surface area contributed by atoms with Crippen molar-refractivity contribution in [1.82, 2.24) is 14.9 Å². The summed E-state index contributed by atoms with van der Waals surface area (Å²) in [7, 11) is 0. The monoisotopic (exact) mass is 462 g/mol. The lowest BCUT2D eigenvalue weighted by Crippen LogP contribution is -2.49. The molecule has 0 saturated carbocycles.